The molecule has 2 aromatic heterocycles. The van der Waals surface area contributed by atoms with Crippen LogP contribution in [0, 0.1) is 0 Å². The first-order valence-electron chi connectivity index (χ1n) is 10.7. The molecule has 33 heavy (non-hydrogen) atoms. The van der Waals surface area contributed by atoms with Crippen LogP contribution < -0.4 is 11.1 Å². The molecule has 4 aromatic rings. The van der Waals surface area contributed by atoms with E-state index < -0.39 is 5.41 Å². The molecule has 2 aromatic carbocycles. The third kappa shape index (κ3) is 4.35. The number of carbonyl (C=O) groups is 1. The number of rotatable bonds is 5. The van der Waals surface area contributed by atoms with E-state index in [1.807, 2.05) is 60.0 Å². The third-order valence-electron chi connectivity index (χ3n) is 6.02. The molecule has 0 aliphatic carbocycles. The summed E-state index contributed by atoms with van der Waals surface area (Å²) in [5, 5.41) is 5.63. The fourth-order valence-corrected chi connectivity index (χ4v) is 4.84. The molecule has 0 saturated carbocycles. The molecule has 5 rings (SSSR count). The van der Waals surface area contributed by atoms with Crippen LogP contribution in [0.15, 0.2) is 72.4 Å². The maximum atomic E-state index is 13.6. The SMILES string of the molecule is Nc1ncc(-c2ccc(C3(C(=O)Nc4nc(-c5ccccc5)cs4)CCOCC3)cc2)cn1. The molecule has 0 unspecified atom stereocenters. The Bertz CT molecular complexity index is 1230. The molecule has 1 aliphatic heterocycles. The Kier molecular flexibility index (Phi) is 5.85. The molecule has 0 atom stereocenters. The van der Waals surface area contributed by atoms with Crippen LogP contribution in [0.5, 0.6) is 0 Å². The average Bonchev–Trinajstić information content (AvgIpc) is 3.34. The van der Waals surface area contributed by atoms with E-state index in [2.05, 4.69) is 20.3 Å². The lowest BCUT2D eigenvalue weighted by atomic mass is 9.73. The van der Waals surface area contributed by atoms with Crippen LogP contribution in [0.4, 0.5) is 11.1 Å². The number of carbonyl (C=O) groups excluding carboxylic acids is 1. The average molecular weight is 458 g/mol. The number of ether oxygens (including phenoxy) is 1. The van der Waals surface area contributed by atoms with E-state index in [1.165, 1.54) is 11.3 Å². The minimum Gasteiger partial charge on any atom is -0.381 e. The summed E-state index contributed by atoms with van der Waals surface area (Å²) in [5.41, 5.74) is 9.60. The highest BCUT2D eigenvalue weighted by molar-refractivity contribution is 7.14. The molecular formula is C25H23N5O2S. The predicted molar refractivity (Wildman–Crippen MR) is 130 cm³/mol. The Morgan fingerprint density at radius 1 is 0.939 bits per heavy atom. The van der Waals surface area contributed by atoms with Crippen LogP contribution in [0.2, 0.25) is 0 Å². The van der Waals surface area contributed by atoms with Gasteiger partial charge in [-0.15, -0.1) is 11.3 Å². The summed E-state index contributed by atoms with van der Waals surface area (Å²) >= 11 is 1.43. The van der Waals surface area contributed by atoms with Crippen molar-refractivity contribution in [1.82, 2.24) is 15.0 Å². The number of hydrogen-bond acceptors (Lipinski definition) is 7. The van der Waals surface area contributed by atoms with Gasteiger partial charge in [-0.3, -0.25) is 4.79 Å². The summed E-state index contributed by atoms with van der Waals surface area (Å²) in [6.45, 7) is 1.07. The van der Waals surface area contributed by atoms with E-state index >= 15 is 0 Å². The number of amides is 1. The lowest BCUT2D eigenvalue weighted by Gasteiger charge is -2.36. The quantitative estimate of drug-likeness (QED) is 0.456. The number of anilines is 2. The van der Waals surface area contributed by atoms with Gasteiger partial charge in [-0.05, 0) is 24.0 Å². The van der Waals surface area contributed by atoms with Crippen molar-refractivity contribution in [1.29, 1.82) is 0 Å². The summed E-state index contributed by atoms with van der Waals surface area (Å²) in [7, 11) is 0. The van der Waals surface area contributed by atoms with Gasteiger partial charge < -0.3 is 15.8 Å². The third-order valence-corrected chi connectivity index (χ3v) is 6.78. The monoisotopic (exact) mass is 457 g/mol. The number of thiazole rings is 1. The van der Waals surface area contributed by atoms with E-state index in [9.17, 15) is 4.79 Å². The molecule has 7 nitrogen and oxygen atoms in total. The number of nitrogens with zero attached hydrogens (tertiary/aromatic N) is 3. The molecule has 1 fully saturated rings. The van der Waals surface area contributed by atoms with Crippen molar-refractivity contribution in [3.8, 4) is 22.4 Å². The highest BCUT2D eigenvalue weighted by Gasteiger charge is 2.42. The van der Waals surface area contributed by atoms with Crippen LogP contribution in [0.1, 0.15) is 18.4 Å². The Labute approximate surface area is 195 Å². The summed E-state index contributed by atoms with van der Waals surface area (Å²) in [6.07, 6.45) is 4.61. The topological polar surface area (TPSA) is 103 Å². The number of benzene rings is 2. The zero-order valence-electron chi connectivity index (χ0n) is 17.9. The number of nitrogens with one attached hydrogen (secondary N) is 1. The van der Waals surface area contributed by atoms with Crippen molar-refractivity contribution in [2.75, 3.05) is 24.3 Å². The Hall–Kier alpha value is -3.62. The van der Waals surface area contributed by atoms with Gasteiger partial charge >= 0.3 is 0 Å². The molecule has 0 bridgehead atoms. The Morgan fingerprint density at radius 2 is 1.64 bits per heavy atom. The van der Waals surface area contributed by atoms with Crippen LogP contribution in [0.3, 0.4) is 0 Å². The number of hydrogen-bond donors (Lipinski definition) is 2. The maximum absolute atomic E-state index is 13.6. The van der Waals surface area contributed by atoms with Crippen molar-refractivity contribution >= 4 is 28.3 Å². The molecule has 3 heterocycles. The molecule has 166 valence electrons. The lowest BCUT2D eigenvalue weighted by molar-refractivity contribution is -0.125. The van der Waals surface area contributed by atoms with Crippen LogP contribution >= 0.6 is 11.3 Å². The highest BCUT2D eigenvalue weighted by Crippen LogP contribution is 2.37. The smallest absolute Gasteiger partial charge is 0.236 e. The summed E-state index contributed by atoms with van der Waals surface area (Å²) in [6, 6.07) is 17.9. The number of nitrogens with two attached hydrogens (primary N) is 1. The number of nitrogen functional groups attached to an aromatic ring is 1. The van der Waals surface area contributed by atoms with Crippen molar-refractivity contribution in [3.63, 3.8) is 0 Å². The Balaban J connectivity index is 1.40. The van der Waals surface area contributed by atoms with E-state index in [1.54, 1.807) is 12.4 Å². The van der Waals surface area contributed by atoms with Gasteiger partial charge in [0.1, 0.15) is 0 Å². The van der Waals surface area contributed by atoms with Gasteiger partial charge in [0, 0.05) is 42.1 Å². The molecule has 1 aliphatic rings. The van der Waals surface area contributed by atoms with Gasteiger partial charge in [-0.25, -0.2) is 15.0 Å². The standard InChI is InChI=1S/C25H23N5O2S/c26-23-27-14-19(15-28-23)17-6-8-20(9-7-17)25(10-12-32-13-11-25)22(31)30-24-29-21(16-33-24)18-4-2-1-3-5-18/h1-9,14-16H,10-13H2,(H2,26,27,28)(H,29,30,31). The minimum absolute atomic E-state index is 0.0525. The molecule has 0 spiro atoms. The molecule has 1 amide bonds. The van der Waals surface area contributed by atoms with Crippen molar-refractivity contribution in [2.45, 2.75) is 18.3 Å². The molecule has 8 heteroatoms. The first kappa shape index (κ1) is 21.2. The molecular weight excluding hydrogens is 434 g/mol. The van der Waals surface area contributed by atoms with Crippen molar-refractivity contribution < 1.29 is 9.53 Å². The molecule has 1 saturated heterocycles. The van der Waals surface area contributed by atoms with Crippen molar-refractivity contribution in [2.24, 2.45) is 0 Å². The van der Waals surface area contributed by atoms with Gasteiger partial charge in [-0.2, -0.15) is 0 Å². The Morgan fingerprint density at radius 3 is 2.33 bits per heavy atom. The largest absolute Gasteiger partial charge is 0.381 e. The fourth-order valence-electron chi connectivity index (χ4n) is 4.12. The van der Waals surface area contributed by atoms with Crippen LogP contribution in [0.25, 0.3) is 22.4 Å². The van der Waals surface area contributed by atoms with Crippen molar-refractivity contribution in [3.05, 3.63) is 77.9 Å². The number of aromatic nitrogens is 3. The molecule has 3 N–H and O–H groups in total. The summed E-state index contributed by atoms with van der Waals surface area (Å²) in [5.74, 6) is 0.189. The zero-order valence-corrected chi connectivity index (χ0v) is 18.7. The zero-order chi connectivity index (χ0) is 22.7. The van der Waals surface area contributed by atoms with Crippen LogP contribution in [-0.4, -0.2) is 34.1 Å². The first-order chi connectivity index (χ1) is 16.1. The van der Waals surface area contributed by atoms with Crippen LogP contribution in [-0.2, 0) is 14.9 Å². The predicted octanol–water partition coefficient (Wildman–Crippen LogP) is 4.54. The second kappa shape index (κ2) is 9.09. The summed E-state index contributed by atoms with van der Waals surface area (Å²) < 4.78 is 5.59. The highest BCUT2D eigenvalue weighted by atomic mass is 32.1. The minimum atomic E-state index is -0.674. The fraction of sp³-hybridized carbons (Fsp3) is 0.200. The summed E-state index contributed by atoms with van der Waals surface area (Å²) in [4.78, 5) is 26.3. The van der Waals surface area contributed by atoms with Gasteiger partial charge in [0.25, 0.3) is 0 Å². The van der Waals surface area contributed by atoms with Gasteiger partial charge in [-0.1, -0.05) is 54.6 Å². The molecule has 0 radical (unpaired) electrons. The lowest BCUT2D eigenvalue weighted by Crippen LogP contribution is -2.44. The normalized spacial score (nSPS) is 15.2. The second-order valence-electron chi connectivity index (χ2n) is 7.96. The van der Waals surface area contributed by atoms with E-state index in [-0.39, 0.29) is 11.9 Å². The van der Waals surface area contributed by atoms with Gasteiger partial charge in [0.15, 0.2) is 5.13 Å². The van der Waals surface area contributed by atoms with E-state index in [0.717, 1.165) is 27.9 Å². The first-order valence-corrected chi connectivity index (χ1v) is 11.6. The van der Waals surface area contributed by atoms with E-state index in [0.29, 0.717) is 31.2 Å². The van der Waals surface area contributed by atoms with Gasteiger partial charge in [0.2, 0.25) is 11.9 Å². The van der Waals surface area contributed by atoms with Gasteiger partial charge in [0.05, 0.1) is 11.1 Å². The second-order valence-corrected chi connectivity index (χ2v) is 8.82. The maximum Gasteiger partial charge on any atom is 0.236 e. The van der Waals surface area contributed by atoms with E-state index in [4.69, 9.17) is 10.5 Å².